The summed E-state index contributed by atoms with van der Waals surface area (Å²) in [6, 6.07) is 60.6. The van der Waals surface area contributed by atoms with Crippen LogP contribution >= 0.6 is 0 Å². The van der Waals surface area contributed by atoms with Crippen molar-refractivity contribution in [3.05, 3.63) is 240 Å². The standard InChI is InChI=1S/C58H43N3/c1-3-41(4-2)47-25-32-57-51(36-47)19-20-52-38-49(27-34-58(52)61(57)54-28-21-43(22-29-54)42-12-6-5-7-13-42)48-26-33-56-50(37-48)18-17-45-14-8-9-16-55(45)60(56)53-30-23-44(24-31-53)46-15-10-11-40(35-46)39-59/h3-38,52,58H,1H2,2H3/b41-4+. The highest BCUT2D eigenvalue weighted by atomic mass is 15.2. The Balaban J connectivity index is 1.02. The van der Waals surface area contributed by atoms with Gasteiger partial charge in [-0.25, -0.2) is 0 Å². The van der Waals surface area contributed by atoms with Crippen molar-refractivity contribution >= 4 is 57.8 Å². The molecule has 3 aliphatic rings. The summed E-state index contributed by atoms with van der Waals surface area (Å²) >= 11 is 0. The van der Waals surface area contributed by atoms with Gasteiger partial charge in [-0.2, -0.15) is 5.26 Å². The molecule has 0 N–H and O–H groups in total. The Hall–Kier alpha value is -7.93. The van der Waals surface area contributed by atoms with Crippen LogP contribution < -0.4 is 9.80 Å². The number of nitrogens with zero attached hydrogens (tertiary/aromatic N) is 3. The molecule has 10 rings (SSSR count). The summed E-state index contributed by atoms with van der Waals surface area (Å²) in [5.74, 6) is 0.118. The average Bonchev–Trinajstić information content (AvgIpc) is 3.60. The molecular weight excluding hydrogens is 739 g/mol. The monoisotopic (exact) mass is 781 g/mol. The lowest BCUT2D eigenvalue weighted by molar-refractivity contribution is 0.671. The molecule has 3 heteroatoms. The van der Waals surface area contributed by atoms with Gasteiger partial charge in [0.1, 0.15) is 0 Å². The maximum Gasteiger partial charge on any atom is 0.0991 e. The normalized spacial score (nSPS) is 16.3. The predicted molar refractivity (Wildman–Crippen MR) is 258 cm³/mol. The number of allylic oxidation sites excluding steroid dienone is 5. The molecule has 2 atom stereocenters. The van der Waals surface area contributed by atoms with E-state index >= 15 is 0 Å². The largest absolute Gasteiger partial charge is 0.333 e. The van der Waals surface area contributed by atoms with E-state index in [4.69, 9.17) is 0 Å². The third-order valence-corrected chi connectivity index (χ3v) is 12.1. The Bertz CT molecular complexity index is 3010. The molecule has 2 heterocycles. The Morgan fingerprint density at radius 3 is 2.00 bits per heavy atom. The Morgan fingerprint density at radius 1 is 0.557 bits per heavy atom. The summed E-state index contributed by atoms with van der Waals surface area (Å²) in [6.45, 7) is 6.15. The third kappa shape index (κ3) is 7.05. The zero-order chi connectivity index (χ0) is 41.3. The molecule has 0 bridgehead atoms. The number of benzene rings is 7. The molecule has 2 aliphatic heterocycles. The van der Waals surface area contributed by atoms with Crippen LogP contribution in [-0.4, -0.2) is 6.04 Å². The minimum atomic E-state index is 0.0753. The second-order valence-electron chi connectivity index (χ2n) is 15.7. The fourth-order valence-corrected chi connectivity index (χ4v) is 9.00. The van der Waals surface area contributed by atoms with Gasteiger partial charge in [0, 0.05) is 23.0 Å². The number of nitriles is 1. The smallest absolute Gasteiger partial charge is 0.0991 e. The van der Waals surface area contributed by atoms with Crippen LogP contribution in [0.15, 0.2) is 207 Å². The molecule has 0 aromatic heterocycles. The number of hydrogen-bond donors (Lipinski definition) is 0. The van der Waals surface area contributed by atoms with Crippen LogP contribution in [0.2, 0.25) is 0 Å². The van der Waals surface area contributed by atoms with Gasteiger partial charge in [-0.05, 0) is 135 Å². The molecule has 0 saturated heterocycles. The number of anilines is 5. The number of para-hydroxylation sites is 1. The molecule has 7 aromatic carbocycles. The lowest BCUT2D eigenvalue weighted by Gasteiger charge is -2.36. The van der Waals surface area contributed by atoms with Gasteiger partial charge in [0.2, 0.25) is 0 Å². The van der Waals surface area contributed by atoms with Crippen molar-refractivity contribution in [3.63, 3.8) is 0 Å². The van der Waals surface area contributed by atoms with Crippen molar-refractivity contribution in [2.24, 2.45) is 5.92 Å². The van der Waals surface area contributed by atoms with Gasteiger partial charge in [0.05, 0.1) is 29.0 Å². The Kier molecular flexibility index (Phi) is 9.81. The molecule has 290 valence electrons. The number of rotatable bonds is 7. The molecule has 3 nitrogen and oxygen atoms in total. The van der Waals surface area contributed by atoms with E-state index in [-0.39, 0.29) is 12.0 Å². The van der Waals surface area contributed by atoms with Crippen molar-refractivity contribution in [2.75, 3.05) is 9.80 Å². The topological polar surface area (TPSA) is 30.3 Å². The van der Waals surface area contributed by atoms with E-state index in [1.807, 2.05) is 24.3 Å². The van der Waals surface area contributed by atoms with Gasteiger partial charge in [-0.1, -0.05) is 158 Å². The molecule has 7 aromatic rings. The van der Waals surface area contributed by atoms with E-state index in [1.54, 1.807) is 0 Å². The molecule has 0 amide bonds. The fraction of sp³-hybridized carbons (Fsp3) is 0.0517. The second-order valence-corrected chi connectivity index (χ2v) is 15.7. The van der Waals surface area contributed by atoms with E-state index in [0.29, 0.717) is 5.56 Å². The molecule has 0 radical (unpaired) electrons. The minimum Gasteiger partial charge on any atom is -0.333 e. The van der Waals surface area contributed by atoms with E-state index in [2.05, 4.69) is 224 Å². The first kappa shape index (κ1) is 37.3. The zero-order valence-electron chi connectivity index (χ0n) is 34.0. The Morgan fingerprint density at radius 2 is 1.21 bits per heavy atom. The SMILES string of the molecule is C=C/C(=C\C)c1ccc2c(c1)C=CC1C=C(c3ccc4c(c3)C=Cc3ccccc3N4c3ccc(-c4cccc(C#N)c4)cc3)C=CC1N2c1ccc(-c2ccccc2)cc1. The van der Waals surface area contributed by atoms with Crippen LogP contribution in [-0.2, 0) is 0 Å². The van der Waals surface area contributed by atoms with Crippen LogP contribution in [0, 0.1) is 17.2 Å². The van der Waals surface area contributed by atoms with Crippen LogP contribution in [0.3, 0.4) is 0 Å². The average molecular weight is 782 g/mol. The van der Waals surface area contributed by atoms with Gasteiger partial charge >= 0.3 is 0 Å². The molecule has 61 heavy (non-hydrogen) atoms. The molecule has 0 saturated carbocycles. The van der Waals surface area contributed by atoms with Gasteiger partial charge in [-0.15, -0.1) is 0 Å². The van der Waals surface area contributed by atoms with Gasteiger partial charge < -0.3 is 9.80 Å². The summed E-state index contributed by atoms with van der Waals surface area (Å²) < 4.78 is 0. The van der Waals surface area contributed by atoms with Crippen LogP contribution in [0.1, 0.15) is 40.3 Å². The van der Waals surface area contributed by atoms with Crippen molar-refractivity contribution < 1.29 is 0 Å². The Labute approximate surface area is 358 Å². The lowest BCUT2D eigenvalue weighted by atomic mass is 9.87. The first-order chi connectivity index (χ1) is 30.1. The maximum absolute atomic E-state index is 9.49. The van der Waals surface area contributed by atoms with Gasteiger partial charge in [0.15, 0.2) is 0 Å². The first-order valence-corrected chi connectivity index (χ1v) is 20.9. The fourth-order valence-electron chi connectivity index (χ4n) is 9.00. The highest BCUT2D eigenvalue weighted by Gasteiger charge is 2.31. The summed E-state index contributed by atoms with van der Waals surface area (Å²) in [7, 11) is 0. The van der Waals surface area contributed by atoms with Crippen LogP contribution in [0.5, 0.6) is 0 Å². The zero-order valence-corrected chi connectivity index (χ0v) is 34.0. The van der Waals surface area contributed by atoms with Crippen molar-refractivity contribution in [1.29, 1.82) is 5.26 Å². The molecule has 2 unspecified atom stereocenters. The summed E-state index contributed by atoms with van der Waals surface area (Å²) in [5.41, 5.74) is 19.0. The van der Waals surface area contributed by atoms with Crippen molar-refractivity contribution in [3.8, 4) is 28.3 Å². The van der Waals surface area contributed by atoms with E-state index in [0.717, 1.165) is 56.1 Å². The van der Waals surface area contributed by atoms with Crippen LogP contribution in [0.25, 0.3) is 51.6 Å². The lowest BCUT2D eigenvalue weighted by Crippen LogP contribution is -2.35. The van der Waals surface area contributed by atoms with E-state index in [9.17, 15) is 5.26 Å². The third-order valence-electron chi connectivity index (χ3n) is 12.1. The maximum atomic E-state index is 9.49. The molecular formula is C58H43N3. The second kappa shape index (κ2) is 16.0. The van der Waals surface area contributed by atoms with Gasteiger partial charge in [-0.3, -0.25) is 0 Å². The quantitative estimate of drug-likeness (QED) is 0.151. The molecule has 0 spiro atoms. The molecule has 1 aliphatic carbocycles. The predicted octanol–water partition coefficient (Wildman–Crippen LogP) is 15.2. The highest BCUT2D eigenvalue weighted by molar-refractivity contribution is 5.95. The summed E-state index contributed by atoms with van der Waals surface area (Å²) in [6.07, 6.45) is 20.3. The summed E-state index contributed by atoms with van der Waals surface area (Å²) in [4.78, 5) is 4.86. The van der Waals surface area contributed by atoms with Gasteiger partial charge in [0.25, 0.3) is 0 Å². The number of hydrogen-bond acceptors (Lipinski definition) is 3. The van der Waals surface area contributed by atoms with Crippen molar-refractivity contribution in [2.45, 2.75) is 13.0 Å². The minimum absolute atomic E-state index is 0.0753. The van der Waals surface area contributed by atoms with E-state index < -0.39 is 0 Å². The number of fused-ring (bicyclic) bond motifs is 4. The van der Waals surface area contributed by atoms with Crippen molar-refractivity contribution in [1.82, 2.24) is 0 Å². The van der Waals surface area contributed by atoms with E-state index in [1.165, 1.54) is 33.5 Å². The first-order valence-electron chi connectivity index (χ1n) is 20.9. The molecule has 0 fully saturated rings. The highest BCUT2D eigenvalue weighted by Crippen LogP contribution is 2.45. The summed E-state index contributed by atoms with van der Waals surface area (Å²) in [5, 5.41) is 9.49. The van der Waals surface area contributed by atoms with Crippen LogP contribution in [0.4, 0.5) is 28.4 Å².